The van der Waals surface area contributed by atoms with E-state index in [4.69, 9.17) is 9.47 Å². The van der Waals surface area contributed by atoms with Crippen molar-refractivity contribution in [1.82, 2.24) is 4.90 Å². The van der Waals surface area contributed by atoms with Crippen LogP contribution in [0.15, 0.2) is 0 Å². The van der Waals surface area contributed by atoms with E-state index in [1.807, 2.05) is 4.90 Å². The highest BCUT2D eigenvalue weighted by Gasteiger charge is 2.44. The molecule has 8 heteroatoms. The molecule has 2 bridgehead atoms. The van der Waals surface area contributed by atoms with E-state index in [0.29, 0.717) is 32.5 Å². The van der Waals surface area contributed by atoms with E-state index in [2.05, 4.69) is 0 Å². The fourth-order valence-corrected chi connectivity index (χ4v) is 4.55. The summed E-state index contributed by atoms with van der Waals surface area (Å²) < 4.78 is 33.3. The Morgan fingerprint density at radius 1 is 1.27 bits per heavy atom. The van der Waals surface area contributed by atoms with Crippen LogP contribution in [0.4, 0.5) is 0 Å². The summed E-state index contributed by atoms with van der Waals surface area (Å²) in [5.74, 6) is -0.179. The summed E-state index contributed by atoms with van der Waals surface area (Å²) >= 11 is 0. The van der Waals surface area contributed by atoms with Crippen LogP contribution < -0.4 is 0 Å². The number of hydrogen-bond donors (Lipinski definition) is 0. The highest BCUT2D eigenvalue weighted by Crippen LogP contribution is 2.35. The molecule has 0 aromatic heterocycles. The molecule has 1 aliphatic carbocycles. The predicted octanol–water partition coefficient (Wildman–Crippen LogP) is -0.256. The van der Waals surface area contributed by atoms with Crippen LogP contribution in [0, 0.1) is 5.92 Å². The van der Waals surface area contributed by atoms with Crippen molar-refractivity contribution in [3.63, 3.8) is 0 Å². The summed E-state index contributed by atoms with van der Waals surface area (Å²) in [4.78, 5) is 25.4. The van der Waals surface area contributed by atoms with Gasteiger partial charge in [0.2, 0.25) is 0 Å². The first-order chi connectivity index (χ1) is 10.4. The molecule has 0 aromatic carbocycles. The standard InChI is InChI=1S/C14H21NO6S/c16-13(3-4-15-5-7-22(18,19)8-6-15)20-11-2-1-10-9-12(11)21-14(10)17/h10-12H,1-9H2. The molecular weight excluding hydrogens is 310 g/mol. The lowest BCUT2D eigenvalue weighted by Gasteiger charge is -2.28. The summed E-state index contributed by atoms with van der Waals surface area (Å²) in [6, 6.07) is 0. The first-order valence-electron chi connectivity index (χ1n) is 7.76. The Labute approximate surface area is 129 Å². The van der Waals surface area contributed by atoms with Gasteiger partial charge in [0.1, 0.15) is 12.2 Å². The number of esters is 2. The normalized spacial score (nSPS) is 34.2. The van der Waals surface area contributed by atoms with Crippen LogP contribution in [-0.4, -0.2) is 68.6 Å². The van der Waals surface area contributed by atoms with Crippen molar-refractivity contribution in [3.05, 3.63) is 0 Å². The van der Waals surface area contributed by atoms with Gasteiger partial charge in [-0.25, -0.2) is 8.42 Å². The van der Waals surface area contributed by atoms with Crippen LogP contribution in [0.5, 0.6) is 0 Å². The molecule has 2 saturated heterocycles. The quantitative estimate of drug-likeness (QED) is 0.656. The van der Waals surface area contributed by atoms with Gasteiger partial charge in [0.05, 0.1) is 23.8 Å². The lowest BCUT2D eigenvalue weighted by molar-refractivity contribution is -0.161. The number of ether oxygens (including phenoxy) is 2. The van der Waals surface area contributed by atoms with Crippen LogP contribution in [0.2, 0.25) is 0 Å². The molecule has 3 rings (SSSR count). The Hall–Kier alpha value is -1.15. The first kappa shape index (κ1) is 15.7. The average Bonchev–Trinajstić information content (AvgIpc) is 2.77. The zero-order chi connectivity index (χ0) is 15.7. The van der Waals surface area contributed by atoms with E-state index in [-0.39, 0.29) is 48.0 Å². The van der Waals surface area contributed by atoms with Gasteiger partial charge in [-0.2, -0.15) is 0 Å². The van der Waals surface area contributed by atoms with Gasteiger partial charge in [-0.3, -0.25) is 9.59 Å². The van der Waals surface area contributed by atoms with Crippen LogP contribution in [0.3, 0.4) is 0 Å². The third kappa shape index (κ3) is 3.60. The average molecular weight is 331 g/mol. The summed E-state index contributed by atoms with van der Waals surface area (Å²) in [5, 5.41) is 0. The number of carbonyl (C=O) groups is 2. The molecule has 3 aliphatic rings. The van der Waals surface area contributed by atoms with Gasteiger partial charge in [0.15, 0.2) is 9.84 Å². The minimum atomic E-state index is -2.89. The van der Waals surface area contributed by atoms with Gasteiger partial charge in [-0.1, -0.05) is 0 Å². The monoisotopic (exact) mass is 331 g/mol. The first-order valence-corrected chi connectivity index (χ1v) is 9.58. The van der Waals surface area contributed by atoms with Crippen LogP contribution in [0.1, 0.15) is 25.7 Å². The van der Waals surface area contributed by atoms with Crippen LogP contribution in [0.25, 0.3) is 0 Å². The molecule has 0 amide bonds. The number of carbonyl (C=O) groups excluding carboxylic acids is 2. The van der Waals surface area contributed by atoms with Gasteiger partial charge in [0.25, 0.3) is 0 Å². The lowest BCUT2D eigenvalue weighted by atomic mass is 9.88. The number of nitrogens with zero attached hydrogens (tertiary/aromatic N) is 1. The molecule has 1 saturated carbocycles. The zero-order valence-corrected chi connectivity index (χ0v) is 13.2. The second kappa shape index (κ2) is 6.16. The molecule has 22 heavy (non-hydrogen) atoms. The van der Waals surface area contributed by atoms with Crippen molar-refractivity contribution >= 4 is 21.8 Å². The summed E-state index contributed by atoms with van der Waals surface area (Å²) in [6.07, 6.45) is 1.68. The minimum Gasteiger partial charge on any atom is -0.458 e. The van der Waals surface area contributed by atoms with E-state index in [9.17, 15) is 18.0 Å². The largest absolute Gasteiger partial charge is 0.458 e. The third-order valence-electron chi connectivity index (χ3n) is 4.68. The van der Waals surface area contributed by atoms with Crippen LogP contribution in [-0.2, 0) is 28.9 Å². The molecule has 3 fully saturated rings. The summed E-state index contributed by atoms with van der Waals surface area (Å²) in [7, 11) is -2.89. The van der Waals surface area contributed by atoms with Crippen molar-refractivity contribution in [3.8, 4) is 0 Å². The Kier molecular flexibility index (Phi) is 4.40. The molecule has 0 spiro atoms. The summed E-state index contributed by atoms with van der Waals surface area (Å²) in [5.41, 5.74) is 0. The maximum Gasteiger partial charge on any atom is 0.309 e. The molecule has 124 valence electrons. The van der Waals surface area contributed by atoms with Gasteiger partial charge >= 0.3 is 11.9 Å². The minimum absolute atomic E-state index is 0.0183. The number of fused-ring (bicyclic) bond motifs is 2. The zero-order valence-electron chi connectivity index (χ0n) is 12.4. The molecule has 2 aliphatic heterocycles. The lowest BCUT2D eigenvalue weighted by Crippen LogP contribution is -2.41. The van der Waals surface area contributed by atoms with E-state index in [0.717, 1.165) is 6.42 Å². The fraction of sp³-hybridized carbons (Fsp3) is 0.857. The maximum absolute atomic E-state index is 11.9. The van der Waals surface area contributed by atoms with Crippen molar-refractivity contribution in [2.75, 3.05) is 31.1 Å². The van der Waals surface area contributed by atoms with E-state index >= 15 is 0 Å². The molecule has 2 heterocycles. The summed E-state index contributed by atoms with van der Waals surface area (Å²) in [6.45, 7) is 1.45. The van der Waals surface area contributed by atoms with Crippen molar-refractivity contribution in [2.45, 2.75) is 37.9 Å². The predicted molar refractivity (Wildman–Crippen MR) is 76.8 cm³/mol. The van der Waals surface area contributed by atoms with Crippen molar-refractivity contribution < 1.29 is 27.5 Å². The molecule has 3 unspecified atom stereocenters. The van der Waals surface area contributed by atoms with Crippen molar-refractivity contribution in [2.24, 2.45) is 5.92 Å². The second-order valence-corrected chi connectivity index (χ2v) is 8.56. The Morgan fingerprint density at radius 2 is 2.00 bits per heavy atom. The van der Waals surface area contributed by atoms with Gasteiger partial charge < -0.3 is 14.4 Å². The molecule has 0 aromatic rings. The molecule has 0 radical (unpaired) electrons. The SMILES string of the molecule is O=C(CCN1CCS(=O)(=O)CC1)OC1CCC2CC1OC2=O. The van der Waals surface area contributed by atoms with E-state index in [1.165, 1.54) is 0 Å². The van der Waals surface area contributed by atoms with Crippen LogP contribution >= 0.6 is 0 Å². The highest BCUT2D eigenvalue weighted by atomic mass is 32.2. The maximum atomic E-state index is 11.9. The van der Waals surface area contributed by atoms with Gasteiger partial charge in [-0.15, -0.1) is 0 Å². The molecular formula is C14H21NO6S. The van der Waals surface area contributed by atoms with Gasteiger partial charge in [0, 0.05) is 26.1 Å². The Morgan fingerprint density at radius 3 is 2.73 bits per heavy atom. The number of sulfone groups is 1. The molecule has 0 N–H and O–H groups in total. The fourth-order valence-electron chi connectivity index (χ4n) is 3.27. The molecule has 3 atom stereocenters. The van der Waals surface area contributed by atoms with E-state index in [1.54, 1.807) is 0 Å². The Bertz CT molecular complexity index is 546. The second-order valence-electron chi connectivity index (χ2n) is 6.26. The van der Waals surface area contributed by atoms with Crippen molar-refractivity contribution in [1.29, 1.82) is 0 Å². The topological polar surface area (TPSA) is 90.0 Å². The smallest absolute Gasteiger partial charge is 0.309 e. The van der Waals surface area contributed by atoms with E-state index < -0.39 is 9.84 Å². The third-order valence-corrected chi connectivity index (χ3v) is 6.29. The highest BCUT2D eigenvalue weighted by molar-refractivity contribution is 7.91. The molecule has 7 nitrogen and oxygen atoms in total. The Balaban J connectivity index is 1.41. The van der Waals surface area contributed by atoms with Gasteiger partial charge in [-0.05, 0) is 12.8 Å². The number of rotatable bonds is 4. The number of hydrogen-bond acceptors (Lipinski definition) is 7.